The Labute approximate surface area is 298 Å². The first-order valence-electron chi connectivity index (χ1n) is 17.0. The molecule has 9 nitrogen and oxygen atoms in total. The third kappa shape index (κ3) is 6.91. The van der Waals surface area contributed by atoms with Gasteiger partial charge in [-0.05, 0) is 68.0 Å². The first kappa shape index (κ1) is 36.7. The van der Waals surface area contributed by atoms with E-state index in [-0.39, 0.29) is 28.6 Å². The molecule has 2 aromatic carbocycles. The molecule has 2 fully saturated rings. The number of aryl methyl sites for hydroxylation is 1. The van der Waals surface area contributed by atoms with Gasteiger partial charge >= 0.3 is 0 Å². The third-order valence-corrected chi connectivity index (χ3v) is 10.2. The summed E-state index contributed by atoms with van der Waals surface area (Å²) in [5.41, 5.74) is 4.63. The van der Waals surface area contributed by atoms with Gasteiger partial charge in [0.1, 0.15) is 11.4 Å². The van der Waals surface area contributed by atoms with E-state index in [1.54, 1.807) is 40.3 Å². The van der Waals surface area contributed by atoms with Crippen LogP contribution in [0.4, 0.5) is 10.1 Å². The number of benzene rings is 2. The van der Waals surface area contributed by atoms with Crippen LogP contribution >= 0.6 is 11.6 Å². The second-order valence-electron chi connectivity index (χ2n) is 12.9. The normalized spacial score (nSPS) is 19.8. The van der Waals surface area contributed by atoms with E-state index in [9.17, 15) is 14.4 Å². The zero-order valence-electron chi connectivity index (χ0n) is 29.6. The number of likely N-dealkylation sites (tertiary alicyclic amines) is 1. The van der Waals surface area contributed by atoms with Gasteiger partial charge in [-0.25, -0.2) is 9.37 Å². The highest BCUT2D eigenvalue weighted by Gasteiger charge is 2.46. The van der Waals surface area contributed by atoms with Crippen LogP contribution in [0.2, 0.25) is 5.02 Å². The fraction of sp³-hybridized carbons (Fsp3) is 0.385. The molecule has 50 heavy (non-hydrogen) atoms. The summed E-state index contributed by atoms with van der Waals surface area (Å²) in [6.07, 6.45) is 6.85. The number of likely N-dealkylation sites (N-methyl/N-ethyl adjacent to an activating group) is 1. The number of ether oxygens (including phenoxy) is 1. The van der Waals surface area contributed by atoms with Gasteiger partial charge in [0.2, 0.25) is 11.8 Å². The molecular weight excluding hydrogens is 657 g/mol. The first-order valence-corrected chi connectivity index (χ1v) is 17.4. The van der Waals surface area contributed by atoms with Gasteiger partial charge in [-0.2, -0.15) is 0 Å². The topological polar surface area (TPSA) is 104 Å². The van der Waals surface area contributed by atoms with Crippen molar-refractivity contribution >= 4 is 35.0 Å². The fourth-order valence-electron chi connectivity index (χ4n) is 7.35. The maximum atomic E-state index is 15.6. The third-order valence-electron chi connectivity index (χ3n) is 9.75. The van der Waals surface area contributed by atoms with Crippen LogP contribution in [0.3, 0.4) is 0 Å². The van der Waals surface area contributed by atoms with Gasteiger partial charge in [0.05, 0.1) is 23.4 Å². The summed E-state index contributed by atoms with van der Waals surface area (Å²) >= 11 is 7.06. The lowest BCUT2D eigenvalue weighted by Crippen LogP contribution is -2.44. The lowest BCUT2D eigenvalue weighted by molar-refractivity contribution is -0.127. The van der Waals surface area contributed by atoms with Crippen LogP contribution in [-0.2, 0) is 20.8 Å². The monoisotopic (exact) mass is 701 g/mol. The Balaban J connectivity index is 0.00000239. The van der Waals surface area contributed by atoms with Crippen LogP contribution in [0.15, 0.2) is 60.7 Å². The summed E-state index contributed by atoms with van der Waals surface area (Å²) in [5, 5.41) is 6.28. The van der Waals surface area contributed by atoms with E-state index in [0.717, 1.165) is 49.9 Å². The van der Waals surface area contributed by atoms with E-state index >= 15 is 4.39 Å². The molecule has 3 heterocycles. The van der Waals surface area contributed by atoms with Crippen molar-refractivity contribution in [1.82, 2.24) is 20.1 Å². The molecule has 2 aliphatic heterocycles. The van der Waals surface area contributed by atoms with Crippen LogP contribution < -0.4 is 15.4 Å². The van der Waals surface area contributed by atoms with E-state index in [1.165, 1.54) is 29.2 Å². The molecule has 0 bridgehead atoms. The summed E-state index contributed by atoms with van der Waals surface area (Å²) < 4.78 is 21.5. The number of rotatable bonds is 8. The molecule has 6 rings (SSSR count). The molecule has 3 amide bonds. The van der Waals surface area contributed by atoms with E-state index in [1.807, 2.05) is 26.0 Å². The van der Waals surface area contributed by atoms with Crippen molar-refractivity contribution in [2.45, 2.75) is 64.5 Å². The van der Waals surface area contributed by atoms with Crippen LogP contribution in [0, 0.1) is 12.7 Å². The van der Waals surface area contributed by atoms with Crippen molar-refractivity contribution in [3.63, 3.8) is 0 Å². The van der Waals surface area contributed by atoms with Crippen molar-refractivity contribution in [3.8, 4) is 28.3 Å². The van der Waals surface area contributed by atoms with E-state index in [0.29, 0.717) is 45.4 Å². The van der Waals surface area contributed by atoms with Gasteiger partial charge in [0, 0.05) is 67.6 Å². The number of anilines is 1. The summed E-state index contributed by atoms with van der Waals surface area (Å²) in [6, 6.07) is 10.3. The zero-order valence-corrected chi connectivity index (χ0v) is 30.3. The van der Waals surface area contributed by atoms with Gasteiger partial charge in [-0.3, -0.25) is 19.3 Å². The highest BCUT2D eigenvalue weighted by molar-refractivity contribution is 6.36. The maximum absolute atomic E-state index is 15.6. The molecule has 11 heteroatoms. The number of carbonyl (C=O) groups is 3. The molecule has 1 aliphatic carbocycles. The number of carbonyl (C=O) groups excluding carboxylic acids is 3. The van der Waals surface area contributed by atoms with E-state index in [2.05, 4.69) is 22.1 Å². The number of fused-ring (bicyclic) bond motifs is 1. The Bertz CT molecular complexity index is 1880. The number of nitrogens with one attached hydrogen (secondary N) is 2. The molecule has 1 aromatic heterocycles. The largest absolute Gasteiger partial charge is 0.481 e. The fourth-order valence-corrected chi connectivity index (χ4v) is 7.67. The molecule has 2 saturated heterocycles. The molecule has 3 aliphatic rings. The number of amides is 3. The van der Waals surface area contributed by atoms with Crippen LogP contribution in [0.1, 0.15) is 62.3 Å². The standard InChI is InChI=1S/C37H39ClFN5O4.C2H6/c1-6-8-25(36(47)43(3)4)34(46)40-27-13-12-26(39)31(21(27)2)24-10-7-9-23(33(24)38)28-19-22-11-14-29(32(22)35(41-28)48-5)44-18-17-37(20-44)16-15-30(45)42-37;1-2/h6-10,12-13,19,29H,1,11,14-18,20H2,2-5H3,(H,40,46)(H,42,45);1-2H3/b25-8-;. The molecule has 0 saturated carbocycles. The van der Waals surface area contributed by atoms with Crippen LogP contribution in [-0.4, -0.2) is 72.3 Å². The number of hydrogen-bond acceptors (Lipinski definition) is 6. The Morgan fingerprint density at radius 2 is 1.92 bits per heavy atom. The van der Waals surface area contributed by atoms with Gasteiger partial charge in [0.25, 0.3) is 11.8 Å². The van der Waals surface area contributed by atoms with Gasteiger partial charge in [-0.15, -0.1) is 0 Å². The minimum atomic E-state index is -0.640. The number of aromatic nitrogens is 1. The summed E-state index contributed by atoms with van der Waals surface area (Å²) in [4.78, 5) is 46.4. The van der Waals surface area contributed by atoms with Crippen molar-refractivity contribution < 1.29 is 23.5 Å². The highest BCUT2D eigenvalue weighted by atomic mass is 35.5. The molecule has 3 aromatic rings. The second-order valence-corrected chi connectivity index (χ2v) is 13.3. The van der Waals surface area contributed by atoms with Gasteiger partial charge in [-0.1, -0.05) is 56.3 Å². The number of methoxy groups -OCH3 is 1. The minimum absolute atomic E-state index is 0.103. The predicted molar refractivity (Wildman–Crippen MR) is 196 cm³/mol. The number of nitrogens with zero attached hydrogens (tertiary/aromatic N) is 3. The Morgan fingerprint density at radius 1 is 1.18 bits per heavy atom. The molecule has 0 radical (unpaired) electrons. The quantitative estimate of drug-likeness (QED) is 0.113. The van der Waals surface area contributed by atoms with Crippen LogP contribution in [0.25, 0.3) is 22.4 Å². The lowest BCUT2D eigenvalue weighted by atomic mass is 9.95. The zero-order chi connectivity index (χ0) is 36.3. The summed E-state index contributed by atoms with van der Waals surface area (Å²) in [6.45, 7) is 11.0. The van der Waals surface area contributed by atoms with E-state index < -0.39 is 17.6 Å². The maximum Gasteiger partial charge on any atom is 0.261 e. The van der Waals surface area contributed by atoms with Crippen molar-refractivity contribution in [3.05, 3.63) is 88.2 Å². The summed E-state index contributed by atoms with van der Waals surface area (Å²) in [7, 11) is 4.71. The molecule has 1 spiro atoms. The van der Waals surface area contributed by atoms with E-state index in [4.69, 9.17) is 21.3 Å². The van der Waals surface area contributed by atoms with Crippen molar-refractivity contribution in [1.29, 1.82) is 0 Å². The van der Waals surface area contributed by atoms with Crippen molar-refractivity contribution in [2.75, 3.05) is 39.6 Å². The SMILES string of the molecule is C=C/C=C(/C(=O)Nc1ccc(F)c(-c2cccc(-c3cc4c(c(OC)n3)C(N3CCC5(CCC(=O)N5)C3)CC4)c2Cl)c1C)C(=O)N(C)C.CC. The number of halogens is 2. The second kappa shape index (κ2) is 15.1. The summed E-state index contributed by atoms with van der Waals surface area (Å²) in [5.74, 6) is -0.979. The highest BCUT2D eigenvalue weighted by Crippen LogP contribution is 2.47. The van der Waals surface area contributed by atoms with Gasteiger partial charge < -0.3 is 20.3 Å². The molecule has 264 valence electrons. The minimum Gasteiger partial charge on any atom is -0.481 e. The average molecular weight is 702 g/mol. The molecule has 2 atom stereocenters. The molecule has 2 unspecified atom stereocenters. The smallest absolute Gasteiger partial charge is 0.261 e. The Kier molecular flexibility index (Phi) is 11.1. The number of allylic oxidation sites excluding steroid dienone is 2. The predicted octanol–water partition coefficient (Wildman–Crippen LogP) is 7.03. The lowest BCUT2D eigenvalue weighted by Gasteiger charge is -2.28. The van der Waals surface area contributed by atoms with Crippen LogP contribution in [0.5, 0.6) is 5.88 Å². The Morgan fingerprint density at radius 3 is 2.58 bits per heavy atom. The van der Waals surface area contributed by atoms with Gasteiger partial charge in [0.15, 0.2) is 0 Å². The Hall–Kier alpha value is -4.54. The number of pyridine rings is 1. The average Bonchev–Trinajstić information content (AvgIpc) is 3.83. The first-order chi connectivity index (χ1) is 24.0. The number of hydrogen-bond donors (Lipinski definition) is 2. The molecular formula is C39H45ClFN5O4. The molecule has 2 N–H and O–H groups in total. The van der Waals surface area contributed by atoms with Crippen molar-refractivity contribution in [2.24, 2.45) is 0 Å².